The second-order valence-electron chi connectivity index (χ2n) is 5.90. The molecule has 1 unspecified atom stereocenters. The van der Waals surface area contributed by atoms with Crippen molar-refractivity contribution >= 4 is 15.5 Å². The van der Waals surface area contributed by atoms with Gasteiger partial charge in [0.05, 0.1) is 17.9 Å². The van der Waals surface area contributed by atoms with Gasteiger partial charge in [-0.05, 0) is 32.3 Å². The van der Waals surface area contributed by atoms with Crippen LogP contribution >= 0.6 is 0 Å². The monoisotopic (exact) mass is 394 g/mol. The normalized spacial score (nSPS) is 13.8. The highest BCUT2D eigenvalue weighted by molar-refractivity contribution is 7.92. The number of sulfone groups is 1. The van der Waals surface area contributed by atoms with Crippen molar-refractivity contribution in [3.05, 3.63) is 42.0 Å². The summed E-state index contributed by atoms with van der Waals surface area (Å²) in [6, 6.07) is 1.94. The summed E-state index contributed by atoms with van der Waals surface area (Å²) in [6.07, 6.45) is 3.34. The molecule has 0 saturated carbocycles. The zero-order chi connectivity index (χ0) is 19.7. The minimum atomic E-state index is -5.69. The van der Waals surface area contributed by atoms with Crippen LogP contribution in [0.3, 0.4) is 0 Å². The molecule has 0 saturated heterocycles. The minimum absolute atomic E-state index is 0.0880. The molecule has 1 heterocycles. The maximum Gasteiger partial charge on any atom is 0.501 e. The molecule has 1 aromatic carbocycles. The van der Waals surface area contributed by atoms with Crippen LogP contribution in [-0.2, 0) is 16.9 Å². The summed E-state index contributed by atoms with van der Waals surface area (Å²) in [4.78, 5) is 0.652. The molecule has 1 aromatic heterocycles. The lowest BCUT2D eigenvalue weighted by Crippen LogP contribution is -2.28. The Hall–Kier alpha value is -2.14. The predicted molar refractivity (Wildman–Crippen MR) is 87.8 cm³/mol. The third kappa shape index (κ3) is 4.15. The summed E-state index contributed by atoms with van der Waals surface area (Å²) in [5.41, 5.74) is -5.06. The number of alkyl halides is 3. The zero-order valence-corrected chi connectivity index (χ0v) is 15.1. The van der Waals surface area contributed by atoms with Gasteiger partial charge in [0.15, 0.2) is 0 Å². The maximum atomic E-state index is 13.4. The molecule has 0 amide bonds. The first-order valence-corrected chi connectivity index (χ1v) is 8.91. The van der Waals surface area contributed by atoms with Crippen molar-refractivity contribution in [2.45, 2.75) is 16.4 Å². The van der Waals surface area contributed by atoms with Crippen molar-refractivity contribution < 1.29 is 26.0 Å². The standard InChI is InChI=1S/C15H18F4N4O2S/c1-22(2)13(10-7-21-23(3)9-10)8-20-12-5-4-11(16)6-14(12)26(24,25)15(17,18)19/h4-7,9,13,20H,8H2,1-3H3. The van der Waals surface area contributed by atoms with Crippen molar-refractivity contribution in [1.29, 1.82) is 0 Å². The number of hydrogen-bond donors (Lipinski definition) is 1. The fourth-order valence-electron chi connectivity index (χ4n) is 2.41. The number of aromatic nitrogens is 2. The van der Waals surface area contributed by atoms with Crippen molar-refractivity contribution in [2.75, 3.05) is 26.0 Å². The van der Waals surface area contributed by atoms with E-state index in [9.17, 15) is 26.0 Å². The summed E-state index contributed by atoms with van der Waals surface area (Å²) in [6.45, 7) is 0.0880. The van der Waals surface area contributed by atoms with Crippen LogP contribution < -0.4 is 5.32 Å². The quantitative estimate of drug-likeness (QED) is 0.763. The molecule has 1 atom stereocenters. The van der Waals surface area contributed by atoms with Crippen LogP contribution in [0.15, 0.2) is 35.5 Å². The van der Waals surface area contributed by atoms with Crippen molar-refractivity contribution in [3.63, 3.8) is 0 Å². The summed E-state index contributed by atoms with van der Waals surface area (Å²) < 4.78 is 77.0. The van der Waals surface area contributed by atoms with E-state index < -0.39 is 26.1 Å². The molecule has 2 aromatic rings. The Morgan fingerprint density at radius 3 is 2.46 bits per heavy atom. The SMILES string of the molecule is CN(C)C(CNc1ccc(F)cc1S(=O)(=O)C(F)(F)F)c1cnn(C)c1. The fraction of sp³-hybridized carbons (Fsp3) is 0.400. The lowest BCUT2D eigenvalue weighted by molar-refractivity contribution is -0.0435. The van der Waals surface area contributed by atoms with Gasteiger partial charge in [0.25, 0.3) is 9.84 Å². The lowest BCUT2D eigenvalue weighted by atomic mass is 10.1. The van der Waals surface area contributed by atoms with Gasteiger partial charge in [0.1, 0.15) is 10.7 Å². The van der Waals surface area contributed by atoms with E-state index >= 15 is 0 Å². The van der Waals surface area contributed by atoms with Gasteiger partial charge >= 0.3 is 5.51 Å². The van der Waals surface area contributed by atoms with Crippen LogP contribution in [0.5, 0.6) is 0 Å². The van der Waals surface area contributed by atoms with Crippen LogP contribution in [0.4, 0.5) is 23.2 Å². The van der Waals surface area contributed by atoms with E-state index in [1.165, 1.54) is 0 Å². The topological polar surface area (TPSA) is 67.2 Å². The zero-order valence-electron chi connectivity index (χ0n) is 14.2. The van der Waals surface area contributed by atoms with Gasteiger partial charge in [-0.25, -0.2) is 12.8 Å². The Morgan fingerprint density at radius 2 is 1.96 bits per heavy atom. The molecule has 0 fully saturated rings. The first-order chi connectivity index (χ1) is 11.9. The Balaban J connectivity index is 2.35. The second-order valence-corrected chi connectivity index (χ2v) is 7.81. The number of likely N-dealkylation sites (N-methyl/N-ethyl adjacent to an activating group) is 1. The number of benzene rings is 1. The van der Waals surface area contributed by atoms with Crippen LogP contribution in [0.2, 0.25) is 0 Å². The molecule has 26 heavy (non-hydrogen) atoms. The Morgan fingerprint density at radius 1 is 1.31 bits per heavy atom. The van der Waals surface area contributed by atoms with Gasteiger partial charge in [0, 0.05) is 25.4 Å². The first kappa shape index (κ1) is 20.2. The van der Waals surface area contributed by atoms with Gasteiger partial charge in [0.2, 0.25) is 0 Å². The van der Waals surface area contributed by atoms with E-state index in [4.69, 9.17) is 0 Å². The Labute approximate surface area is 148 Å². The van der Waals surface area contributed by atoms with Crippen LogP contribution in [0.1, 0.15) is 11.6 Å². The van der Waals surface area contributed by atoms with Gasteiger partial charge in [-0.1, -0.05) is 0 Å². The van der Waals surface area contributed by atoms with Crippen LogP contribution in [0, 0.1) is 5.82 Å². The van der Waals surface area contributed by atoms with Gasteiger partial charge in [-0.2, -0.15) is 18.3 Å². The number of rotatable bonds is 6. The van der Waals surface area contributed by atoms with Gasteiger partial charge in [-0.15, -0.1) is 0 Å². The van der Waals surface area contributed by atoms with Crippen molar-refractivity contribution in [1.82, 2.24) is 14.7 Å². The average Bonchev–Trinajstić information content (AvgIpc) is 2.93. The summed E-state index contributed by atoms with van der Waals surface area (Å²) in [7, 11) is -0.448. The smallest absolute Gasteiger partial charge is 0.382 e. The Bertz CT molecular complexity index is 878. The largest absolute Gasteiger partial charge is 0.501 e. The summed E-state index contributed by atoms with van der Waals surface area (Å²) in [5, 5.41) is 6.73. The van der Waals surface area contributed by atoms with E-state index in [1.807, 2.05) is 0 Å². The third-order valence-corrected chi connectivity index (χ3v) is 5.28. The molecule has 1 N–H and O–H groups in total. The van der Waals surface area contributed by atoms with E-state index in [2.05, 4.69) is 10.4 Å². The molecule has 0 aliphatic carbocycles. The van der Waals surface area contributed by atoms with Crippen molar-refractivity contribution in [3.8, 4) is 0 Å². The lowest BCUT2D eigenvalue weighted by Gasteiger charge is -2.25. The van der Waals surface area contributed by atoms with E-state index in [0.717, 1.165) is 17.7 Å². The number of nitrogens with one attached hydrogen (secondary N) is 1. The van der Waals surface area contributed by atoms with E-state index in [1.54, 1.807) is 43.1 Å². The molecular formula is C15H18F4N4O2S. The summed E-state index contributed by atoms with van der Waals surface area (Å²) >= 11 is 0. The van der Waals surface area contributed by atoms with E-state index in [0.29, 0.717) is 6.07 Å². The average molecular weight is 394 g/mol. The molecule has 0 bridgehead atoms. The first-order valence-electron chi connectivity index (χ1n) is 7.43. The number of nitrogens with zero attached hydrogens (tertiary/aromatic N) is 3. The molecule has 6 nitrogen and oxygen atoms in total. The molecule has 0 aliphatic rings. The molecule has 11 heteroatoms. The highest BCUT2D eigenvalue weighted by atomic mass is 32.2. The molecule has 144 valence electrons. The highest BCUT2D eigenvalue weighted by Gasteiger charge is 2.48. The molecule has 0 spiro atoms. The number of aryl methyl sites for hydroxylation is 1. The number of halogens is 4. The van der Waals surface area contributed by atoms with Crippen LogP contribution in [0.25, 0.3) is 0 Å². The van der Waals surface area contributed by atoms with E-state index in [-0.39, 0.29) is 18.3 Å². The molecule has 2 rings (SSSR count). The highest BCUT2D eigenvalue weighted by Crippen LogP contribution is 2.35. The van der Waals surface area contributed by atoms with Gasteiger partial charge in [-0.3, -0.25) is 4.68 Å². The van der Waals surface area contributed by atoms with Crippen molar-refractivity contribution in [2.24, 2.45) is 7.05 Å². The maximum absolute atomic E-state index is 13.4. The fourth-order valence-corrected chi connectivity index (χ4v) is 3.35. The molecule has 0 aliphatic heterocycles. The molecular weight excluding hydrogens is 376 g/mol. The second kappa shape index (κ2) is 7.23. The minimum Gasteiger partial charge on any atom is -0.382 e. The third-order valence-electron chi connectivity index (χ3n) is 3.76. The summed E-state index contributed by atoms with van der Waals surface area (Å²) in [5.74, 6) is -1.07. The Kier molecular flexibility index (Phi) is 5.61. The predicted octanol–water partition coefficient (Wildman–Crippen LogP) is 2.57. The molecule has 0 radical (unpaired) electrons. The number of hydrogen-bond acceptors (Lipinski definition) is 5. The number of anilines is 1. The van der Waals surface area contributed by atoms with Gasteiger partial charge < -0.3 is 10.2 Å². The van der Waals surface area contributed by atoms with Crippen LogP contribution in [-0.4, -0.2) is 49.2 Å².